The van der Waals surface area contributed by atoms with Crippen molar-refractivity contribution in [3.63, 3.8) is 0 Å². The fraction of sp³-hybridized carbons (Fsp3) is 0.364. The second-order valence-electron chi connectivity index (χ2n) is 8.33. The number of nitriles is 1. The molecule has 0 saturated heterocycles. The number of anilines is 2. The van der Waals surface area contributed by atoms with Gasteiger partial charge in [0, 0.05) is 33.1 Å². The number of rotatable bonds is 6. The van der Waals surface area contributed by atoms with Gasteiger partial charge in [0.05, 0.1) is 29.2 Å². The van der Waals surface area contributed by atoms with Crippen molar-refractivity contribution in [1.29, 1.82) is 5.26 Å². The van der Waals surface area contributed by atoms with Crippen LogP contribution in [-0.4, -0.2) is 47.4 Å². The number of carbonyl (C=O) groups is 1. The zero-order chi connectivity index (χ0) is 23.8. The van der Waals surface area contributed by atoms with Crippen LogP contribution in [0.5, 0.6) is 0 Å². The first-order valence-electron chi connectivity index (χ1n) is 10.5. The number of pyridine rings is 1. The number of para-hydroxylation sites is 1. The number of benzene rings is 1. The van der Waals surface area contributed by atoms with Crippen molar-refractivity contribution in [2.24, 2.45) is 0 Å². The van der Waals surface area contributed by atoms with E-state index >= 15 is 0 Å². The first-order valence-corrected chi connectivity index (χ1v) is 11.9. The third-order valence-corrected chi connectivity index (χ3v) is 7.97. The van der Waals surface area contributed by atoms with E-state index in [2.05, 4.69) is 21.5 Å². The number of H-pyrrole nitrogens is 1. The van der Waals surface area contributed by atoms with E-state index in [-0.39, 0.29) is 34.0 Å². The molecule has 0 bridgehead atoms. The minimum absolute atomic E-state index is 0.0417. The average Bonchev–Trinajstić information content (AvgIpc) is 3.16. The van der Waals surface area contributed by atoms with E-state index in [1.54, 1.807) is 28.9 Å². The Morgan fingerprint density at radius 2 is 1.91 bits per heavy atom. The molecule has 1 aliphatic carbocycles. The summed E-state index contributed by atoms with van der Waals surface area (Å²) in [5, 5.41) is 17.5. The molecule has 1 saturated carbocycles. The van der Waals surface area contributed by atoms with Crippen molar-refractivity contribution in [3.8, 4) is 6.07 Å². The second-order valence-corrected chi connectivity index (χ2v) is 10.5. The van der Waals surface area contributed by atoms with Gasteiger partial charge in [-0.1, -0.05) is 12.1 Å². The van der Waals surface area contributed by atoms with E-state index in [1.807, 2.05) is 0 Å². The van der Waals surface area contributed by atoms with Gasteiger partial charge in [0.15, 0.2) is 5.82 Å². The van der Waals surface area contributed by atoms with E-state index in [9.17, 15) is 23.3 Å². The number of hydrogen-bond donors (Lipinski definition) is 2. The Balaban J connectivity index is 1.90. The highest BCUT2D eigenvalue weighted by Gasteiger charge is 2.39. The summed E-state index contributed by atoms with van der Waals surface area (Å²) in [6, 6.07) is 10.3. The summed E-state index contributed by atoms with van der Waals surface area (Å²) in [5.41, 5.74) is -0.342. The molecule has 33 heavy (non-hydrogen) atoms. The lowest BCUT2D eigenvalue weighted by Crippen LogP contribution is -2.38. The SMILES string of the molecule is CN(C)S(=O)(=O)c1ccccc1Nc1nn(C2(CC#N)CCC(=O)CC2)c2cc[nH]c(=O)c12. The van der Waals surface area contributed by atoms with Gasteiger partial charge in [-0.3, -0.25) is 14.3 Å². The summed E-state index contributed by atoms with van der Waals surface area (Å²) in [6.07, 6.45) is 3.18. The van der Waals surface area contributed by atoms with E-state index in [1.165, 1.54) is 26.4 Å². The molecule has 0 unspecified atom stereocenters. The number of aromatic nitrogens is 3. The fourth-order valence-electron chi connectivity index (χ4n) is 4.25. The minimum atomic E-state index is -3.76. The number of carbonyl (C=O) groups excluding carboxylic acids is 1. The van der Waals surface area contributed by atoms with E-state index in [0.717, 1.165) is 4.31 Å². The normalized spacial score (nSPS) is 16.1. The highest BCUT2D eigenvalue weighted by Crippen LogP contribution is 2.39. The monoisotopic (exact) mass is 468 g/mol. The fourth-order valence-corrected chi connectivity index (χ4v) is 5.29. The van der Waals surface area contributed by atoms with Crippen molar-refractivity contribution in [1.82, 2.24) is 19.1 Å². The van der Waals surface area contributed by atoms with E-state index in [4.69, 9.17) is 0 Å². The molecular weight excluding hydrogens is 444 g/mol. The van der Waals surface area contributed by atoms with Crippen molar-refractivity contribution in [2.45, 2.75) is 42.5 Å². The molecule has 0 amide bonds. The zero-order valence-corrected chi connectivity index (χ0v) is 19.1. The third kappa shape index (κ3) is 3.92. The summed E-state index contributed by atoms with van der Waals surface area (Å²) >= 11 is 0. The molecule has 1 aromatic carbocycles. The number of nitrogens with one attached hydrogen (secondary N) is 2. The highest BCUT2D eigenvalue weighted by atomic mass is 32.2. The van der Waals surface area contributed by atoms with Crippen LogP contribution in [0.1, 0.15) is 32.1 Å². The Morgan fingerprint density at radius 1 is 1.21 bits per heavy atom. The highest BCUT2D eigenvalue weighted by molar-refractivity contribution is 7.89. The first kappa shape index (κ1) is 22.7. The third-order valence-electron chi connectivity index (χ3n) is 6.10. The number of Topliss-reactive ketones (excluding diaryl/α,β-unsaturated/α-hetero) is 1. The Morgan fingerprint density at radius 3 is 2.58 bits per heavy atom. The number of fused-ring (bicyclic) bond motifs is 1. The summed E-state index contributed by atoms with van der Waals surface area (Å²) in [4.78, 5) is 27.4. The molecule has 4 rings (SSSR count). The van der Waals surface area contributed by atoms with Gasteiger partial charge in [0.25, 0.3) is 5.56 Å². The van der Waals surface area contributed by atoms with Crippen LogP contribution in [0.2, 0.25) is 0 Å². The van der Waals surface area contributed by atoms with E-state index < -0.39 is 21.1 Å². The molecule has 2 heterocycles. The zero-order valence-electron chi connectivity index (χ0n) is 18.3. The summed E-state index contributed by atoms with van der Waals surface area (Å²) in [5.74, 6) is 0.321. The van der Waals surface area contributed by atoms with Gasteiger partial charge in [-0.15, -0.1) is 0 Å². The van der Waals surface area contributed by atoms with Crippen LogP contribution in [0, 0.1) is 11.3 Å². The molecule has 11 heteroatoms. The predicted octanol–water partition coefficient (Wildman–Crippen LogP) is 2.47. The first-order chi connectivity index (χ1) is 15.7. The van der Waals surface area contributed by atoms with Gasteiger partial charge in [-0.2, -0.15) is 10.4 Å². The Labute approximate surface area is 190 Å². The largest absolute Gasteiger partial charge is 0.337 e. The lowest BCUT2D eigenvalue weighted by Gasteiger charge is -2.35. The summed E-state index contributed by atoms with van der Waals surface area (Å²) < 4.78 is 28.4. The molecule has 1 aliphatic rings. The van der Waals surface area contributed by atoms with Gasteiger partial charge in [0.1, 0.15) is 16.1 Å². The molecule has 10 nitrogen and oxygen atoms in total. The van der Waals surface area contributed by atoms with Crippen LogP contribution in [0.3, 0.4) is 0 Å². The van der Waals surface area contributed by atoms with Crippen LogP contribution < -0.4 is 10.9 Å². The maximum atomic E-state index is 12.8. The molecule has 0 atom stereocenters. The molecule has 3 aromatic rings. The van der Waals surface area contributed by atoms with Crippen LogP contribution >= 0.6 is 0 Å². The summed E-state index contributed by atoms with van der Waals surface area (Å²) in [7, 11) is -0.879. The van der Waals surface area contributed by atoms with Gasteiger partial charge in [-0.25, -0.2) is 12.7 Å². The van der Waals surface area contributed by atoms with Crippen LogP contribution in [0.4, 0.5) is 11.5 Å². The quantitative estimate of drug-likeness (QED) is 0.566. The Hall–Kier alpha value is -3.49. The van der Waals surface area contributed by atoms with Crippen LogP contribution in [0.15, 0.2) is 46.2 Å². The number of nitrogens with zero attached hydrogens (tertiary/aromatic N) is 4. The van der Waals surface area contributed by atoms with E-state index in [0.29, 0.717) is 31.2 Å². The van der Waals surface area contributed by atoms with Crippen molar-refractivity contribution in [2.75, 3.05) is 19.4 Å². The Kier molecular flexibility index (Phi) is 5.82. The van der Waals surface area contributed by atoms with Crippen LogP contribution in [0.25, 0.3) is 10.9 Å². The molecule has 2 aromatic heterocycles. The number of hydrogen-bond acceptors (Lipinski definition) is 7. The van der Waals surface area contributed by atoms with Gasteiger partial charge >= 0.3 is 0 Å². The molecule has 1 fully saturated rings. The maximum absolute atomic E-state index is 12.8. The smallest absolute Gasteiger partial charge is 0.261 e. The number of sulfonamides is 1. The lowest BCUT2D eigenvalue weighted by molar-refractivity contribution is -0.122. The minimum Gasteiger partial charge on any atom is -0.337 e. The van der Waals surface area contributed by atoms with Crippen molar-refractivity contribution in [3.05, 3.63) is 46.9 Å². The van der Waals surface area contributed by atoms with Crippen molar-refractivity contribution < 1.29 is 13.2 Å². The Bertz CT molecular complexity index is 1420. The summed E-state index contributed by atoms with van der Waals surface area (Å²) in [6.45, 7) is 0. The van der Waals surface area contributed by atoms with Crippen molar-refractivity contribution >= 4 is 38.2 Å². The molecule has 0 aliphatic heterocycles. The second kappa shape index (κ2) is 8.46. The van der Waals surface area contributed by atoms with Gasteiger partial charge in [-0.05, 0) is 31.0 Å². The maximum Gasteiger partial charge on any atom is 0.261 e. The van der Waals surface area contributed by atoms with Gasteiger partial charge in [0.2, 0.25) is 10.0 Å². The lowest BCUT2D eigenvalue weighted by atomic mass is 9.79. The molecule has 2 N–H and O–H groups in total. The molecule has 172 valence electrons. The standard InChI is InChI=1S/C22H24N6O4S/c1-27(2)33(31,32)18-6-4-3-5-16(18)25-20-19-17(9-14-24-21(19)30)28(26-20)22(12-13-23)10-7-15(29)8-11-22/h3-6,9,14H,7-8,10-12H2,1-2H3,(H,24,30)(H,25,26). The molecular formula is C22H24N6O4S. The number of aromatic amines is 1. The van der Waals surface area contributed by atoms with Crippen LogP contribution in [-0.2, 0) is 20.4 Å². The predicted molar refractivity (Wildman–Crippen MR) is 123 cm³/mol. The number of ketones is 1. The van der Waals surface area contributed by atoms with Gasteiger partial charge < -0.3 is 10.3 Å². The molecule has 0 spiro atoms. The average molecular weight is 469 g/mol. The topological polar surface area (TPSA) is 141 Å². The molecule has 0 radical (unpaired) electrons.